The lowest BCUT2D eigenvalue weighted by atomic mass is 9.96. The zero-order valence-electron chi connectivity index (χ0n) is 22.3. The maximum absolute atomic E-state index is 12.5. The summed E-state index contributed by atoms with van der Waals surface area (Å²) in [5, 5.41) is 0. The van der Waals surface area contributed by atoms with Crippen molar-refractivity contribution in [3.8, 4) is 22.5 Å². The molecule has 0 radical (unpaired) electrons. The van der Waals surface area contributed by atoms with E-state index in [1.165, 1.54) is 20.3 Å². The van der Waals surface area contributed by atoms with E-state index in [0.717, 1.165) is 44.6 Å². The summed E-state index contributed by atoms with van der Waals surface area (Å²) in [4.78, 5) is 33.9. The minimum absolute atomic E-state index is 0.285. The van der Waals surface area contributed by atoms with Crippen LogP contribution in [0.2, 0.25) is 0 Å². The van der Waals surface area contributed by atoms with Crippen LogP contribution in [0.25, 0.3) is 44.6 Å². The number of imidazole rings is 2. The number of para-hydroxylation sites is 2. The molecular weight excluding hydrogens is 504 g/mol. The summed E-state index contributed by atoms with van der Waals surface area (Å²) in [5.74, 6) is -0.134. The summed E-state index contributed by atoms with van der Waals surface area (Å²) in [6.45, 7) is 0.619. The fourth-order valence-corrected chi connectivity index (χ4v) is 5.03. The number of hydrogen-bond acceptors (Lipinski definition) is 6. The molecule has 2 heterocycles. The first kappa shape index (κ1) is 25.1. The quantitative estimate of drug-likeness (QED) is 0.250. The Bertz CT molecular complexity index is 1900. The molecule has 8 heteroatoms. The summed E-state index contributed by atoms with van der Waals surface area (Å²) < 4.78 is 14.0. The van der Waals surface area contributed by atoms with Gasteiger partial charge in [-0.1, -0.05) is 42.5 Å². The van der Waals surface area contributed by atoms with Crippen molar-refractivity contribution < 1.29 is 19.1 Å². The minimum Gasteiger partial charge on any atom is -0.465 e. The number of aryl methyl sites for hydroxylation is 1. The highest BCUT2D eigenvalue weighted by Crippen LogP contribution is 2.29. The van der Waals surface area contributed by atoms with Crippen molar-refractivity contribution in [1.82, 2.24) is 19.1 Å². The van der Waals surface area contributed by atoms with Crippen molar-refractivity contribution in [2.75, 3.05) is 14.2 Å². The van der Waals surface area contributed by atoms with E-state index in [1.54, 1.807) is 12.1 Å². The molecule has 0 unspecified atom stereocenters. The molecule has 2 aromatic heterocycles. The van der Waals surface area contributed by atoms with Crippen LogP contribution in [0.1, 0.15) is 26.3 Å². The van der Waals surface area contributed by atoms with Gasteiger partial charge in [-0.05, 0) is 59.2 Å². The maximum atomic E-state index is 12.5. The van der Waals surface area contributed by atoms with Crippen molar-refractivity contribution in [3.63, 3.8) is 0 Å². The zero-order chi connectivity index (χ0) is 27.8. The molecule has 0 aliphatic carbocycles. The Morgan fingerprint density at radius 2 is 1.52 bits per heavy atom. The predicted octanol–water partition coefficient (Wildman–Crippen LogP) is 5.88. The van der Waals surface area contributed by atoms with Gasteiger partial charge in [-0.25, -0.2) is 19.6 Å². The molecule has 0 saturated carbocycles. The van der Waals surface area contributed by atoms with Gasteiger partial charge >= 0.3 is 11.9 Å². The second-order valence-electron chi connectivity index (χ2n) is 9.50. The number of aromatic nitrogens is 4. The molecule has 0 atom stereocenters. The standard InChI is InChI=1S/C32H26N4O4/c1-35-28-7-5-4-6-27(28)34-30(35)22-13-15-26-29(17-22)36(19-33-26)18-20-8-10-21(11-9-20)24-14-12-23(31(37)39-2)16-25(24)32(38)40-3/h4-17,19H,18H2,1-3H3. The van der Waals surface area contributed by atoms with Crippen LogP contribution < -0.4 is 0 Å². The first-order chi connectivity index (χ1) is 19.5. The Hall–Kier alpha value is -5.24. The number of rotatable bonds is 6. The summed E-state index contributed by atoms with van der Waals surface area (Å²) in [6, 6.07) is 27.1. The van der Waals surface area contributed by atoms with E-state index < -0.39 is 11.9 Å². The summed E-state index contributed by atoms with van der Waals surface area (Å²) >= 11 is 0. The summed E-state index contributed by atoms with van der Waals surface area (Å²) in [6.07, 6.45) is 1.85. The molecule has 6 rings (SSSR count). The highest BCUT2D eigenvalue weighted by atomic mass is 16.5. The number of carbonyl (C=O) groups is 2. The van der Waals surface area contributed by atoms with E-state index in [1.807, 2.05) is 61.9 Å². The van der Waals surface area contributed by atoms with E-state index >= 15 is 0 Å². The first-order valence-corrected chi connectivity index (χ1v) is 12.7. The van der Waals surface area contributed by atoms with Gasteiger partial charge in [0.1, 0.15) is 5.82 Å². The van der Waals surface area contributed by atoms with Crippen molar-refractivity contribution in [3.05, 3.63) is 108 Å². The van der Waals surface area contributed by atoms with Gasteiger partial charge in [0.2, 0.25) is 0 Å². The molecule has 0 bridgehead atoms. The molecular formula is C32H26N4O4. The Labute approximate surface area is 230 Å². The SMILES string of the molecule is COC(=O)c1ccc(-c2ccc(Cn3cnc4ccc(-c5nc6ccccc6n5C)cc43)cc2)c(C(=O)OC)c1. The molecule has 0 amide bonds. The average Bonchev–Trinajstić information content (AvgIpc) is 3.56. The molecule has 0 aliphatic heterocycles. The van der Waals surface area contributed by atoms with Crippen molar-refractivity contribution in [2.45, 2.75) is 6.54 Å². The normalized spacial score (nSPS) is 11.2. The molecule has 40 heavy (non-hydrogen) atoms. The van der Waals surface area contributed by atoms with E-state index in [2.05, 4.69) is 32.3 Å². The highest BCUT2D eigenvalue weighted by molar-refractivity contribution is 6.01. The topological polar surface area (TPSA) is 88.2 Å². The van der Waals surface area contributed by atoms with Crippen LogP contribution in [0.5, 0.6) is 0 Å². The van der Waals surface area contributed by atoms with Crippen LogP contribution in [0, 0.1) is 0 Å². The van der Waals surface area contributed by atoms with Gasteiger partial charge in [-0.2, -0.15) is 0 Å². The summed E-state index contributed by atoms with van der Waals surface area (Å²) in [5.41, 5.74) is 8.15. The van der Waals surface area contributed by atoms with Gasteiger partial charge in [0, 0.05) is 19.2 Å². The Kier molecular flexibility index (Phi) is 6.36. The lowest BCUT2D eigenvalue weighted by Crippen LogP contribution is -2.08. The van der Waals surface area contributed by atoms with Gasteiger partial charge in [0.05, 0.1) is 53.7 Å². The van der Waals surface area contributed by atoms with E-state index in [-0.39, 0.29) is 5.56 Å². The van der Waals surface area contributed by atoms with Crippen molar-refractivity contribution >= 4 is 34.0 Å². The molecule has 0 fully saturated rings. The Morgan fingerprint density at radius 3 is 2.27 bits per heavy atom. The van der Waals surface area contributed by atoms with Gasteiger partial charge in [-0.3, -0.25) is 0 Å². The van der Waals surface area contributed by atoms with Gasteiger partial charge in [0.15, 0.2) is 0 Å². The molecule has 6 aromatic rings. The third kappa shape index (κ3) is 4.39. The second-order valence-corrected chi connectivity index (χ2v) is 9.50. The highest BCUT2D eigenvalue weighted by Gasteiger charge is 2.18. The van der Waals surface area contributed by atoms with Crippen molar-refractivity contribution in [1.29, 1.82) is 0 Å². The Morgan fingerprint density at radius 1 is 0.775 bits per heavy atom. The monoisotopic (exact) mass is 530 g/mol. The lowest BCUT2D eigenvalue weighted by molar-refractivity contribution is 0.0600. The third-order valence-electron chi connectivity index (χ3n) is 7.13. The van der Waals surface area contributed by atoms with Crippen LogP contribution in [-0.4, -0.2) is 45.3 Å². The molecule has 8 nitrogen and oxygen atoms in total. The van der Waals surface area contributed by atoms with Crippen LogP contribution in [0.3, 0.4) is 0 Å². The molecule has 0 N–H and O–H groups in total. The zero-order valence-corrected chi connectivity index (χ0v) is 22.3. The predicted molar refractivity (Wildman–Crippen MR) is 153 cm³/mol. The second kappa shape index (κ2) is 10.1. The largest absolute Gasteiger partial charge is 0.465 e. The fourth-order valence-electron chi connectivity index (χ4n) is 5.03. The molecule has 4 aromatic carbocycles. The Balaban J connectivity index is 1.31. The van der Waals surface area contributed by atoms with Crippen LogP contribution in [-0.2, 0) is 23.1 Å². The molecule has 0 spiro atoms. The molecule has 0 aliphatic rings. The van der Waals surface area contributed by atoms with E-state index in [4.69, 9.17) is 14.5 Å². The number of esters is 2. The number of benzene rings is 4. The van der Waals surface area contributed by atoms with Gasteiger partial charge < -0.3 is 18.6 Å². The summed E-state index contributed by atoms with van der Waals surface area (Å²) in [7, 11) is 4.65. The number of carbonyl (C=O) groups excluding carboxylic acids is 2. The third-order valence-corrected chi connectivity index (χ3v) is 7.13. The van der Waals surface area contributed by atoms with Crippen molar-refractivity contribution in [2.24, 2.45) is 7.05 Å². The number of ether oxygens (including phenoxy) is 2. The van der Waals surface area contributed by atoms with Crippen LogP contribution in [0.4, 0.5) is 0 Å². The smallest absolute Gasteiger partial charge is 0.338 e. The first-order valence-electron chi connectivity index (χ1n) is 12.7. The van der Waals surface area contributed by atoms with Gasteiger partial charge in [-0.15, -0.1) is 0 Å². The fraction of sp³-hybridized carbons (Fsp3) is 0.125. The van der Waals surface area contributed by atoms with E-state index in [9.17, 15) is 9.59 Å². The molecule has 0 saturated heterocycles. The van der Waals surface area contributed by atoms with Gasteiger partial charge in [0.25, 0.3) is 0 Å². The van der Waals surface area contributed by atoms with E-state index in [0.29, 0.717) is 17.7 Å². The number of hydrogen-bond donors (Lipinski definition) is 0. The lowest BCUT2D eigenvalue weighted by Gasteiger charge is -2.11. The van der Waals surface area contributed by atoms with Crippen LogP contribution >= 0.6 is 0 Å². The maximum Gasteiger partial charge on any atom is 0.338 e. The number of methoxy groups -OCH3 is 2. The van der Waals surface area contributed by atoms with Crippen LogP contribution in [0.15, 0.2) is 91.3 Å². The number of fused-ring (bicyclic) bond motifs is 2. The minimum atomic E-state index is -0.522. The molecule has 198 valence electrons. The average molecular weight is 531 g/mol. The number of nitrogens with zero attached hydrogens (tertiary/aromatic N) is 4.